The van der Waals surface area contributed by atoms with Crippen LogP contribution in [0.5, 0.6) is 5.75 Å². The standard InChI is InChI=1S/C29H47N3O5/c1-6-22-8-9-24(16-27(22)37-13-7-12-35-5)29(34)32(21(2)3)20-26-18-30-17-25(26)19-31(4)28(33)23-10-14-36-15-11-23/h8-9,16,21,23,25-26,30H,6-7,10-15,17-20H2,1-5H3/t25-,26-/m0/s1. The molecule has 0 aliphatic carbocycles. The van der Waals surface area contributed by atoms with E-state index in [1.54, 1.807) is 7.11 Å². The Bertz CT molecular complexity index is 871. The molecule has 8 nitrogen and oxygen atoms in total. The molecule has 0 aromatic heterocycles. The van der Waals surface area contributed by atoms with Gasteiger partial charge in [-0.3, -0.25) is 9.59 Å². The molecule has 2 atom stereocenters. The third-order valence-electron chi connectivity index (χ3n) is 7.70. The largest absolute Gasteiger partial charge is 0.493 e. The van der Waals surface area contributed by atoms with E-state index in [9.17, 15) is 9.59 Å². The van der Waals surface area contributed by atoms with Gasteiger partial charge in [0.05, 0.1) is 6.61 Å². The summed E-state index contributed by atoms with van der Waals surface area (Å²) in [6.07, 6.45) is 3.26. The van der Waals surface area contributed by atoms with Crippen LogP contribution in [0.3, 0.4) is 0 Å². The molecule has 0 bridgehead atoms. The van der Waals surface area contributed by atoms with Crippen molar-refractivity contribution < 1.29 is 23.8 Å². The van der Waals surface area contributed by atoms with Crippen molar-refractivity contribution in [3.8, 4) is 5.75 Å². The highest BCUT2D eigenvalue weighted by atomic mass is 16.5. The van der Waals surface area contributed by atoms with E-state index in [1.807, 2.05) is 35.0 Å². The number of nitrogens with one attached hydrogen (secondary N) is 1. The molecule has 37 heavy (non-hydrogen) atoms. The van der Waals surface area contributed by atoms with Crippen molar-refractivity contribution in [1.29, 1.82) is 0 Å². The zero-order valence-corrected chi connectivity index (χ0v) is 23.5. The summed E-state index contributed by atoms with van der Waals surface area (Å²) in [6, 6.07) is 5.89. The van der Waals surface area contributed by atoms with Crippen LogP contribution in [0.25, 0.3) is 0 Å². The summed E-state index contributed by atoms with van der Waals surface area (Å²) in [7, 11) is 3.60. The number of carbonyl (C=O) groups is 2. The summed E-state index contributed by atoms with van der Waals surface area (Å²) in [4.78, 5) is 30.6. The number of aryl methyl sites for hydroxylation is 1. The molecule has 2 aliphatic rings. The van der Waals surface area contributed by atoms with Crippen LogP contribution >= 0.6 is 0 Å². The Morgan fingerprint density at radius 3 is 2.46 bits per heavy atom. The normalized spacial score (nSPS) is 20.3. The number of nitrogens with zero attached hydrogens (tertiary/aromatic N) is 2. The molecule has 2 heterocycles. The lowest BCUT2D eigenvalue weighted by molar-refractivity contribution is -0.137. The molecule has 8 heteroatoms. The maximum Gasteiger partial charge on any atom is 0.254 e. The number of hydrogen-bond donors (Lipinski definition) is 1. The Balaban J connectivity index is 1.66. The van der Waals surface area contributed by atoms with E-state index >= 15 is 0 Å². The lowest BCUT2D eigenvalue weighted by Gasteiger charge is -2.34. The van der Waals surface area contributed by atoms with Crippen molar-refractivity contribution in [2.24, 2.45) is 17.8 Å². The van der Waals surface area contributed by atoms with Gasteiger partial charge in [0.1, 0.15) is 5.75 Å². The van der Waals surface area contributed by atoms with Gasteiger partial charge in [0.2, 0.25) is 5.91 Å². The van der Waals surface area contributed by atoms with Crippen LogP contribution < -0.4 is 10.1 Å². The van der Waals surface area contributed by atoms with Gasteiger partial charge in [-0.15, -0.1) is 0 Å². The Morgan fingerprint density at radius 2 is 1.81 bits per heavy atom. The number of carbonyl (C=O) groups excluding carboxylic acids is 2. The molecule has 0 unspecified atom stereocenters. The van der Waals surface area contributed by atoms with E-state index in [0.29, 0.717) is 51.0 Å². The second-order valence-electron chi connectivity index (χ2n) is 10.7. The lowest BCUT2D eigenvalue weighted by Crippen LogP contribution is -2.44. The van der Waals surface area contributed by atoms with Crippen LogP contribution in [0.4, 0.5) is 0 Å². The summed E-state index contributed by atoms with van der Waals surface area (Å²) < 4.78 is 16.6. The molecule has 1 N–H and O–H groups in total. The van der Waals surface area contributed by atoms with Crippen LogP contribution in [-0.2, 0) is 20.7 Å². The van der Waals surface area contributed by atoms with Gasteiger partial charge in [-0.1, -0.05) is 13.0 Å². The summed E-state index contributed by atoms with van der Waals surface area (Å²) in [5, 5.41) is 3.50. The van der Waals surface area contributed by atoms with Crippen molar-refractivity contribution in [3.05, 3.63) is 29.3 Å². The molecule has 1 aromatic carbocycles. The molecule has 2 fully saturated rings. The van der Waals surface area contributed by atoms with Gasteiger partial charge in [0.25, 0.3) is 5.91 Å². The van der Waals surface area contributed by atoms with Gasteiger partial charge in [0.15, 0.2) is 0 Å². The molecule has 208 valence electrons. The molecular weight excluding hydrogens is 470 g/mol. The van der Waals surface area contributed by atoms with Gasteiger partial charge in [-0.2, -0.15) is 0 Å². The SMILES string of the molecule is CCc1ccc(C(=O)N(C[C@@H]2CNC[C@H]2CN(C)C(=O)C2CCOCC2)C(C)C)cc1OCCCOC. The minimum absolute atomic E-state index is 0.0247. The maximum absolute atomic E-state index is 13.7. The van der Waals surface area contributed by atoms with Crippen LogP contribution in [0, 0.1) is 17.8 Å². The highest BCUT2D eigenvalue weighted by Crippen LogP contribution is 2.26. The average molecular weight is 518 g/mol. The topological polar surface area (TPSA) is 80.3 Å². The number of benzene rings is 1. The second kappa shape index (κ2) is 14.7. The molecule has 2 amide bonds. The molecule has 3 rings (SSSR count). The van der Waals surface area contributed by atoms with Crippen molar-refractivity contribution in [2.75, 3.05) is 66.8 Å². The first-order valence-electron chi connectivity index (χ1n) is 13.9. The number of rotatable bonds is 13. The number of ether oxygens (including phenoxy) is 3. The summed E-state index contributed by atoms with van der Waals surface area (Å²) in [5.41, 5.74) is 1.75. The Hall–Kier alpha value is -2.16. The van der Waals surface area contributed by atoms with Crippen LogP contribution in [-0.4, -0.2) is 94.4 Å². The van der Waals surface area contributed by atoms with Gasteiger partial charge in [-0.05, 0) is 62.6 Å². The molecule has 0 saturated carbocycles. The summed E-state index contributed by atoms with van der Waals surface area (Å²) in [5.74, 6) is 1.69. The fraction of sp³-hybridized carbons (Fsp3) is 0.724. The summed E-state index contributed by atoms with van der Waals surface area (Å²) >= 11 is 0. The van der Waals surface area contributed by atoms with Crippen LogP contribution in [0.1, 0.15) is 56.0 Å². The maximum atomic E-state index is 13.7. The summed E-state index contributed by atoms with van der Waals surface area (Å²) in [6.45, 7) is 11.9. The van der Waals surface area contributed by atoms with Crippen molar-refractivity contribution in [3.63, 3.8) is 0 Å². The lowest BCUT2D eigenvalue weighted by atomic mass is 9.92. The first kappa shape index (κ1) is 29.4. The first-order chi connectivity index (χ1) is 17.8. The molecule has 1 aromatic rings. The molecule has 0 radical (unpaired) electrons. The smallest absolute Gasteiger partial charge is 0.254 e. The highest BCUT2D eigenvalue weighted by molar-refractivity contribution is 5.95. The Kier molecular flexibility index (Phi) is 11.7. The van der Waals surface area contributed by atoms with Gasteiger partial charge < -0.3 is 29.3 Å². The van der Waals surface area contributed by atoms with Crippen molar-refractivity contribution in [1.82, 2.24) is 15.1 Å². The fourth-order valence-corrected chi connectivity index (χ4v) is 5.36. The molecule has 2 aliphatic heterocycles. The molecule has 2 saturated heterocycles. The van der Waals surface area contributed by atoms with E-state index < -0.39 is 0 Å². The Labute approximate surface area is 223 Å². The minimum Gasteiger partial charge on any atom is -0.493 e. The van der Waals surface area contributed by atoms with Crippen molar-refractivity contribution in [2.45, 2.75) is 52.5 Å². The number of methoxy groups -OCH3 is 1. The fourth-order valence-electron chi connectivity index (χ4n) is 5.36. The Morgan fingerprint density at radius 1 is 1.11 bits per heavy atom. The quantitative estimate of drug-likeness (QED) is 0.405. The van der Waals surface area contributed by atoms with E-state index in [4.69, 9.17) is 14.2 Å². The van der Waals surface area contributed by atoms with Crippen molar-refractivity contribution >= 4 is 11.8 Å². The average Bonchev–Trinajstić information content (AvgIpc) is 3.35. The monoisotopic (exact) mass is 517 g/mol. The van der Waals surface area contributed by atoms with E-state index in [1.165, 1.54) is 0 Å². The predicted octanol–water partition coefficient (Wildman–Crippen LogP) is 3.24. The first-order valence-corrected chi connectivity index (χ1v) is 13.9. The number of amides is 2. The van der Waals surface area contributed by atoms with Gasteiger partial charge >= 0.3 is 0 Å². The third-order valence-corrected chi connectivity index (χ3v) is 7.70. The predicted molar refractivity (Wildman–Crippen MR) is 145 cm³/mol. The third kappa shape index (κ3) is 8.16. The molecule has 0 spiro atoms. The van der Waals surface area contributed by atoms with Crippen LogP contribution in [0.15, 0.2) is 18.2 Å². The second-order valence-corrected chi connectivity index (χ2v) is 10.7. The van der Waals surface area contributed by atoms with Gasteiger partial charge in [-0.25, -0.2) is 0 Å². The van der Waals surface area contributed by atoms with Gasteiger partial charge in [0, 0.05) is 84.1 Å². The zero-order chi connectivity index (χ0) is 26.8. The zero-order valence-electron chi connectivity index (χ0n) is 23.5. The number of hydrogen-bond acceptors (Lipinski definition) is 6. The van der Waals surface area contributed by atoms with E-state index in [-0.39, 0.29) is 29.7 Å². The van der Waals surface area contributed by atoms with Crippen LogP contribution in [0.2, 0.25) is 0 Å². The minimum atomic E-state index is 0.0247. The van der Waals surface area contributed by atoms with E-state index in [2.05, 4.69) is 26.1 Å². The molecular formula is C29H47N3O5. The highest BCUT2D eigenvalue weighted by Gasteiger charge is 2.34. The van der Waals surface area contributed by atoms with E-state index in [0.717, 1.165) is 50.1 Å².